The fraction of sp³-hybridized carbons (Fsp3) is 1.00. The van der Waals surface area contributed by atoms with Crippen LogP contribution in [0.15, 0.2) is 0 Å². The Kier molecular flexibility index (Phi) is 22.0. The molecule has 1 heteroatoms. The Labute approximate surface area is 189 Å². The molecule has 0 nitrogen and oxygen atoms in total. The largest absolute Gasteiger partial charge is 0.0759 e. The molecule has 0 bridgehead atoms. The van der Waals surface area contributed by atoms with Gasteiger partial charge in [0, 0.05) is 0 Å². The van der Waals surface area contributed by atoms with E-state index in [-0.39, 0.29) is 0 Å². The van der Waals surface area contributed by atoms with Crippen molar-refractivity contribution in [2.45, 2.75) is 174 Å². The van der Waals surface area contributed by atoms with Crippen LogP contribution in [0.5, 0.6) is 0 Å². The lowest BCUT2D eigenvalue weighted by Gasteiger charge is -2.34. The van der Waals surface area contributed by atoms with E-state index in [9.17, 15) is 0 Å². The molecule has 0 aromatic carbocycles. The summed E-state index contributed by atoms with van der Waals surface area (Å²) in [6.45, 7) is 9.45. The highest BCUT2D eigenvalue weighted by atomic mass is 31.0. The Hall–Kier alpha value is 0.430. The Bertz CT molecular complexity index is 295. The first-order valence-electron chi connectivity index (χ1n) is 14.0. The summed E-state index contributed by atoms with van der Waals surface area (Å²) in [5, 5.41) is 0.633. The zero-order valence-electron chi connectivity index (χ0n) is 21.3. The summed E-state index contributed by atoms with van der Waals surface area (Å²) in [6.07, 6.45) is 32.0. The van der Waals surface area contributed by atoms with E-state index in [1.54, 1.807) is 0 Å². The molecule has 0 radical (unpaired) electrons. The van der Waals surface area contributed by atoms with Gasteiger partial charge in [0.2, 0.25) is 0 Å². The molecule has 0 aromatic heterocycles. The smallest absolute Gasteiger partial charge is 0.0654 e. The normalized spacial score (nSPS) is 13.2. The molecule has 176 valence electrons. The lowest BCUT2D eigenvalue weighted by atomic mass is 9.78. The molecule has 2 atom stereocenters. The van der Waals surface area contributed by atoms with Crippen LogP contribution in [0.25, 0.3) is 0 Å². The summed E-state index contributed by atoms with van der Waals surface area (Å²) in [7, 11) is 2.43. The third-order valence-electron chi connectivity index (χ3n) is 7.32. The summed E-state index contributed by atoms with van der Waals surface area (Å²) in [5.41, 5.74) is 0. The van der Waals surface area contributed by atoms with Crippen molar-refractivity contribution in [3.8, 4) is 0 Å². The van der Waals surface area contributed by atoms with Gasteiger partial charge in [-0.2, -0.15) is 0 Å². The van der Waals surface area contributed by atoms with Gasteiger partial charge >= 0.3 is 0 Å². The minimum atomic E-state index is 0.633. The van der Waals surface area contributed by atoms with Crippen LogP contribution >= 0.6 is 9.24 Å². The van der Waals surface area contributed by atoms with Crippen LogP contribution in [-0.2, 0) is 0 Å². The Morgan fingerprint density at radius 1 is 0.483 bits per heavy atom. The molecule has 0 N–H and O–H groups in total. The number of hydrogen-bond acceptors (Lipinski definition) is 0. The SMILES string of the molecule is CCCCCCCCC(CC)C([PH3+])(CCCCCCCC)CCCCCCCC. The van der Waals surface area contributed by atoms with Crippen LogP contribution in [-0.4, -0.2) is 5.16 Å². The van der Waals surface area contributed by atoms with Gasteiger partial charge in [-0.25, -0.2) is 0 Å². The topological polar surface area (TPSA) is 0 Å². The van der Waals surface area contributed by atoms with Crippen LogP contribution in [0.2, 0.25) is 0 Å². The third kappa shape index (κ3) is 16.8. The minimum absolute atomic E-state index is 0.633. The van der Waals surface area contributed by atoms with Gasteiger partial charge in [-0.1, -0.05) is 130 Å². The lowest BCUT2D eigenvalue weighted by molar-refractivity contribution is 0.283. The first kappa shape index (κ1) is 29.4. The Balaban J connectivity index is 4.45. The average molecular weight is 428 g/mol. The van der Waals surface area contributed by atoms with Gasteiger partial charge < -0.3 is 0 Å². The van der Waals surface area contributed by atoms with E-state index >= 15 is 0 Å². The quantitative estimate of drug-likeness (QED) is 0.112. The van der Waals surface area contributed by atoms with Crippen molar-refractivity contribution in [2.24, 2.45) is 5.92 Å². The van der Waals surface area contributed by atoms with Crippen molar-refractivity contribution in [3.05, 3.63) is 0 Å². The van der Waals surface area contributed by atoms with E-state index in [0.717, 1.165) is 5.92 Å². The van der Waals surface area contributed by atoms with Gasteiger partial charge in [0.05, 0.1) is 5.16 Å². The maximum absolute atomic E-state index is 2.48. The summed E-state index contributed by atoms with van der Waals surface area (Å²) in [6, 6.07) is 0. The van der Waals surface area contributed by atoms with Gasteiger partial charge in [-0.3, -0.25) is 0 Å². The molecule has 0 aliphatic carbocycles. The van der Waals surface area contributed by atoms with Crippen molar-refractivity contribution < 1.29 is 0 Å². The van der Waals surface area contributed by atoms with Gasteiger partial charge in [-0.15, -0.1) is 0 Å². The molecule has 0 aromatic rings. The van der Waals surface area contributed by atoms with Gasteiger partial charge in [-0.05, 0) is 53.7 Å². The fourth-order valence-corrected chi connectivity index (χ4v) is 6.16. The van der Waals surface area contributed by atoms with Crippen molar-refractivity contribution in [3.63, 3.8) is 0 Å². The fourth-order valence-electron chi connectivity index (χ4n) is 5.16. The van der Waals surface area contributed by atoms with Crippen molar-refractivity contribution in [1.82, 2.24) is 0 Å². The minimum Gasteiger partial charge on any atom is -0.0654 e. The monoisotopic (exact) mass is 427 g/mol. The number of unbranched alkanes of at least 4 members (excludes halogenated alkanes) is 15. The van der Waals surface area contributed by atoms with Gasteiger partial charge in [0.25, 0.3) is 0 Å². The van der Waals surface area contributed by atoms with E-state index in [1.165, 1.54) is 141 Å². The van der Waals surface area contributed by atoms with Gasteiger partial charge in [0.15, 0.2) is 0 Å². The third-order valence-corrected chi connectivity index (χ3v) is 8.61. The molecule has 0 amide bonds. The van der Waals surface area contributed by atoms with Crippen LogP contribution in [0, 0.1) is 5.92 Å². The molecule has 0 rings (SSSR count). The van der Waals surface area contributed by atoms with Crippen molar-refractivity contribution in [2.75, 3.05) is 0 Å². The van der Waals surface area contributed by atoms with E-state index < -0.39 is 0 Å². The maximum atomic E-state index is 2.48. The summed E-state index contributed by atoms with van der Waals surface area (Å²) in [5.74, 6) is 0.971. The molecule has 0 fully saturated rings. The first-order valence-corrected chi connectivity index (χ1v) is 14.7. The predicted molar refractivity (Wildman–Crippen MR) is 142 cm³/mol. The maximum Gasteiger partial charge on any atom is 0.0759 e. The highest BCUT2D eigenvalue weighted by Gasteiger charge is 2.36. The van der Waals surface area contributed by atoms with E-state index in [0.29, 0.717) is 5.16 Å². The predicted octanol–water partition coefficient (Wildman–Crippen LogP) is 10.6. The molecular weight excluding hydrogens is 367 g/mol. The molecule has 0 saturated carbocycles. The standard InChI is InChI=1S/C28H59P/c1-5-9-12-15-18-21-24-27(8-4)28(29,25-22-19-16-13-10-6-2)26-23-20-17-14-11-7-3/h27H,5-26,29H2,1-4H3/p+1. The van der Waals surface area contributed by atoms with Crippen molar-refractivity contribution >= 4 is 9.24 Å². The Morgan fingerprint density at radius 2 is 0.828 bits per heavy atom. The van der Waals surface area contributed by atoms with Crippen molar-refractivity contribution in [1.29, 1.82) is 0 Å². The zero-order valence-corrected chi connectivity index (χ0v) is 22.8. The van der Waals surface area contributed by atoms with Crippen LogP contribution in [0.1, 0.15) is 169 Å². The van der Waals surface area contributed by atoms with Gasteiger partial charge in [0.1, 0.15) is 0 Å². The number of hydrogen-bond donors (Lipinski definition) is 0. The molecule has 0 spiro atoms. The summed E-state index contributed by atoms with van der Waals surface area (Å²) >= 11 is 0. The van der Waals surface area contributed by atoms with E-state index in [1.807, 2.05) is 0 Å². The average Bonchev–Trinajstić information content (AvgIpc) is 2.72. The highest BCUT2D eigenvalue weighted by Crippen LogP contribution is 2.43. The Morgan fingerprint density at radius 3 is 1.21 bits per heavy atom. The van der Waals surface area contributed by atoms with E-state index in [4.69, 9.17) is 0 Å². The molecule has 0 aliphatic rings. The van der Waals surface area contributed by atoms with Crippen LogP contribution in [0.3, 0.4) is 0 Å². The molecular formula is C28H60P+. The first-order chi connectivity index (χ1) is 14.1. The van der Waals surface area contributed by atoms with E-state index in [2.05, 4.69) is 36.9 Å². The van der Waals surface area contributed by atoms with Crippen LogP contribution < -0.4 is 0 Å². The van der Waals surface area contributed by atoms with Crippen LogP contribution in [0.4, 0.5) is 0 Å². The molecule has 0 saturated heterocycles. The molecule has 29 heavy (non-hydrogen) atoms. The summed E-state index contributed by atoms with van der Waals surface area (Å²) in [4.78, 5) is 0. The lowest BCUT2D eigenvalue weighted by Crippen LogP contribution is -2.31. The molecule has 2 unspecified atom stereocenters. The second-order valence-electron chi connectivity index (χ2n) is 10.1. The second-order valence-corrected chi connectivity index (χ2v) is 11.5. The molecule has 0 aliphatic heterocycles. The second kappa shape index (κ2) is 21.7. The summed E-state index contributed by atoms with van der Waals surface area (Å²) < 4.78 is 0. The molecule has 0 heterocycles. The highest BCUT2D eigenvalue weighted by molar-refractivity contribution is 7.19. The zero-order chi connectivity index (χ0) is 21.6. The number of rotatable bonds is 23.